The Hall–Kier alpha value is -2.94. The molecule has 0 aliphatic carbocycles. The van der Waals surface area contributed by atoms with E-state index in [4.69, 9.17) is 4.42 Å². The molecule has 2 fully saturated rings. The maximum Gasteiger partial charge on any atom is 0.257 e. The van der Waals surface area contributed by atoms with Gasteiger partial charge in [0.05, 0.1) is 11.8 Å². The summed E-state index contributed by atoms with van der Waals surface area (Å²) in [5.41, 5.74) is 0.591. The molecule has 2 aliphatic heterocycles. The summed E-state index contributed by atoms with van der Waals surface area (Å²) in [5, 5.41) is 0. The highest BCUT2D eigenvalue weighted by Gasteiger charge is 2.25. The van der Waals surface area contributed by atoms with Crippen LogP contribution in [0.2, 0.25) is 0 Å². The van der Waals surface area contributed by atoms with Gasteiger partial charge in [-0.25, -0.2) is 9.97 Å². The first-order valence-electron chi connectivity index (χ1n) is 10.0. The molecule has 29 heavy (non-hydrogen) atoms. The van der Waals surface area contributed by atoms with E-state index in [1.807, 2.05) is 9.80 Å². The van der Waals surface area contributed by atoms with E-state index in [1.54, 1.807) is 24.5 Å². The maximum atomic E-state index is 12.6. The predicted octanol–water partition coefficient (Wildman–Crippen LogP) is 0.566. The molecular formula is C20H26N6O3. The molecule has 9 heteroatoms. The van der Waals surface area contributed by atoms with Crippen molar-refractivity contribution < 1.29 is 14.0 Å². The zero-order valence-corrected chi connectivity index (χ0v) is 16.4. The van der Waals surface area contributed by atoms with Gasteiger partial charge in [-0.2, -0.15) is 0 Å². The van der Waals surface area contributed by atoms with Crippen molar-refractivity contribution in [2.24, 2.45) is 0 Å². The van der Waals surface area contributed by atoms with Gasteiger partial charge in [-0.05, 0) is 12.1 Å². The van der Waals surface area contributed by atoms with E-state index >= 15 is 0 Å². The molecule has 0 aromatic carbocycles. The number of nitrogens with zero attached hydrogens (tertiary/aromatic N) is 6. The van der Waals surface area contributed by atoms with Crippen molar-refractivity contribution in [2.45, 2.75) is 6.42 Å². The molecule has 154 valence electrons. The number of carbonyl (C=O) groups excluding carboxylic acids is 2. The van der Waals surface area contributed by atoms with Gasteiger partial charge in [0, 0.05) is 77.7 Å². The lowest BCUT2D eigenvalue weighted by molar-refractivity contribution is -0.131. The van der Waals surface area contributed by atoms with Crippen molar-refractivity contribution >= 4 is 17.8 Å². The van der Waals surface area contributed by atoms with Crippen LogP contribution in [0.3, 0.4) is 0 Å². The molecule has 2 aliphatic rings. The number of amides is 2. The summed E-state index contributed by atoms with van der Waals surface area (Å²) in [7, 11) is 0. The number of piperazine rings is 2. The fraction of sp³-hybridized carbons (Fsp3) is 0.500. The molecule has 2 aromatic rings. The summed E-state index contributed by atoms with van der Waals surface area (Å²) in [4.78, 5) is 41.6. The second kappa shape index (κ2) is 9.04. The van der Waals surface area contributed by atoms with Crippen molar-refractivity contribution in [3.63, 3.8) is 0 Å². The SMILES string of the molecule is O=C(CCN1CCN(C(=O)c2ccoc2)CC1)N1CCN(c2ncccn2)CC1. The Kier molecular flexibility index (Phi) is 6.04. The molecule has 0 saturated carbocycles. The number of rotatable bonds is 5. The predicted molar refractivity (Wildman–Crippen MR) is 106 cm³/mol. The van der Waals surface area contributed by atoms with Crippen LogP contribution in [0.25, 0.3) is 0 Å². The molecule has 4 heterocycles. The summed E-state index contributed by atoms with van der Waals surface area (Å²) in [6.07, 6.45) is 6.99. The van der Waals surface area contributed by atoms with Gasteiger partial charge in [0.1, 0.15) is 6.26 Å². The van der Waals surface area contributed by atoms with Gasteiger partial charge in [0.25, 0.3) is 5.91 Å². The minimum absolute atomic E-state index is 0.00902. The van der Waals surface area contributed by atoms with E-state index in [9.17, 15) is 9.59 Å². The van der Waals surface area contributed by atoms with Crippen LogP contribution in [0.5, 0.6) is 0 Å². The molecule has 4 rings (SSSR count). The third-order valence-electron chi connectivity index (χ3n) is 5.54. The first kappa shape index (κ1) is 19.4. The summed E-state index contributed by atoms with van der Waals surface area (Å²) in [5.74, 6) is 0.924. The highest BCUT2D eigenvalue weighted by Crippen LogP contribution is 2.12. The highest BCUT2D eigenvalue weighted by molar-refractivity contribution is 5.93. The van der Waals surface area contributed by atoms with Gasteiger partial charge in [-0.3, -0.25) is 14.5 Å². The third kappa shape index (κ3) is 4.73. The zero-order valence-electron chi connectivity index (χ0n) is 16.4. The van der Waals surface area contributed by atoms with Crippen LogP contribution in [0.15, 0.2) is 41.5 Å². The zero-order chi connectivity index (χ0) is 20.1. The molecule has 2 aromatic heterocycles. The van der Waals surface area contributed by atoms with Crippen molar-refractivity contribution in [2.75, 3.05) is 63.8 Å². The Balaban J connectivity index is 1.17. The fourth-order valence-electron chi connectivity index (χ4n) is 3.77. The number of anilines is 1. The molecular weight excluding hydrogens is 372 g/mol. The van der Waals surface area contributed by atoms with Crippen LogP contribution in [-0.4, -0.2) is 95.4 Å². The van der Waals surface area contributed by atoms with Gasteiger partial charge in [0.2, 0.25) is 11.9 Å². The molecule has 9 nitrogen and oxygen atoms in total. The third-order valence-corrected chi connectivity index (χ3v) is 5.54. The minimum atomic E-state index is 0.00902. The number of carbonyl (C=O) groups is 2. The van der Waals surface area contributed by atoms with E-state index in [-0.39, 0.29) is 11.8 Å². The molecule has 0 radical (unpaired) electrons. The van der Waals surface area contributed by atoms with Gasteiger partial charge in [-0.1, -0.05) is 0 Å². The lowest BCUT2D eigenvalue weighted by Gasteiger charge is -2.36. The molecule has 2 saturated heterocycles. The Labute approximate surface area is 169 Å². The second-order valence-electron chi connectivity index (χ2n) is 7.31. The maximum absolute atomic E-state index is 12.6. The Morgan fingerprint density at radius 1 is 0.931 bits per heavy atom. The first-order chi connectivity index (χ1) is 14.2. The quantitative estimate of drug-likeness (QED) is 0.728. The molecule has 2 amide bonds. The van der Waals surface area contributed by atoms with Crippen molar-refractivity contribution in [3.05, 3.63) is 42.6 Å². The lowest BCUT2D eigenvalue weighted by Crippen LogP contribution is -2.51. The van der Waals surface area contributed by atoms with Crippen LogP contribution < -0.4 is 4.90 Å². The second-order valence-corrected chi connectivity index (χ2v) is 7.31. The number of hydrogen-bond acceptors (Lipinski definition) is 7. The largest absolute Gasteiger partial charge is 0.472 e. The standard InChI is InChI=1S/C20H26N6O3/c27-18(24-11-13-26(14-12-24)20-21-4-1-5-22-20)2-6-23-7-9-25(10-8-23)19(28)17-3-15-29-16-17/h1,3-5,15-16H,2,6-14H2. The van der Waals surface area contributed by atoms with Crippen molar-refractivity contribution in [1.29, 1.82) is 0 Å². The number of hydrogen-bond donors (Lipinski definition) is 0. The first-order valence-corrected chi connectivity index (χ1v) is 10.0. The van der Waals surface area contributed by atoms with Gasteiger partial charge < -0.3 is 19.1 Å². The van der Waals surface area contributed by atoms with Crippen LogP contribution >= 0.6 is 0 Å². The van der Waals surface area contributed by atoms with E-state index in [0.29, 0.717) is 38.2 Å². The van der Waals surface area contributed by atoms with Crippen molar-refractivity contribution in [1.82, 2.24) is 24.7 Å². The Morgan fingerprint density at radius 2 is 1.62 bits per heavy atom. The van der Waals surface area contributed by atoms with Gasteiger partial charge in [-0.15, -0.1) is 0 Å². The van der Waals surface area contributed by atoms with E-state index < -0.39 is 0 Å². The van der Waals surface area contributed by atoms with E-state index in [0.717, 1.165) is 38.7 Å². The highest BCUT2D eigenvalue weighted by atomic mass is 16.3. The van der Waals surface area contributed by atoms with E-state index in [2.05, 4.69) is 19.8 Å². The average molecular weight is 398 g/mol. The van der Waals surface area contributed by atoms with Crippen LogP contribution in [0.4, 0.5) is 5.95 Å². The van der Waals surface area contributed by atoms with Crippen LogP contribution in [-0.2, 0) is 4.79 Å². The van der Waals surface area contributed by atoms with E-state index in [1.165, 1.54) is 12.5 Å². The molecule has 0 unspecified atom stereocenters. The number of furan rings is 1. The summed E-state index contributed by atoms with van der Waals surface area (Å²) in [6, 6.07) is 3.49. The molecule has 0 atom stereocenters. The summed E-state index contributed by atoms with van der Waals surface area (Å²) >= 11 is 0. The Bertz CT molecular complexity index is 797. The van der Waals surface area contributed by atoms with Crippen LogP contribution in [0, 0.1) is 0 Å². The summed E-state index contributed by atoms with van der Waals surface area (Å²) < 4.78 is 4.99. The smallest absolute Gasteiger partial charge is 0.257 e. The molecule has 0 bridgehead atoms. The van der Waals surface area contributed by atoms with Gasteiger partial charge >= 0.3 is 0 Å². The molecule has 0 N–H and O–H groups in total. The average Bonchev–Trinajstić information content (AvgIpc) is 3.33. The van der Waals surface area contributed by atoms with Gasteiger partial charge in [0.15, 0.2) is 0 Å². The normalized spacial score (nSPS) is 18.1. The lowest BCUT2D eigenvalue weighted by atomic mass is 10.2. The Morgan fingerprint density at radius 3 is 2.28 bits per heavy atom. The van der Waals surface area contributed by atoms with Crippen LogP contribution in [0.1, 0.15) is 16.8 Å². The summed E-state index contributed by atoms with van der Waals surface area (Å²) in [6.45, 7) is 6.56. The number of aromatic nitrogens is 2. The fourth-order valence-corrected chi connectivity index (χ4v) is 3.77. The monoisotopic (exact) mass is 398 g/mol. The minimum Gasteiger partial charge on any atom is -0.472 e. The topological polar surface area (TPSA) is 86.0 Å². The molecule has 0 spiro atoms. The van der Waals surface area contributed by atoms with Crippen molar-refractivity contribution in [3.8, 4) is 0 Å².